The molecule has 0 fully saturated rings. The zero-order chi connectivity index (χ0) is 19.2. The molecule has 5 heteroatoms. The highest BCUT2D eigenvalue weighted by molar-refractivity contribution is 6.33. The summed E-state index contributed by atoms with van der Waals surface area (Å²) in [5.41, 5.74) is 0.979. The summed E-state index contributed by atoms with van der Waals surface area (Å²) >= 11 is 6.12. The minimum atomic E-state index is -0.437. The minimum Gasteiger partial charge on any atom is -0.351 e. The third-order valence-electron chi connectivity index (χ3n) is 4.38. The summed E-state index contributed by atoms with van der Waals surface area (Å²) in [4.78, 5) is 25.1. The molecule has 4 nitrogen and oxygen atoms in total. The first-order valence-corrected chi connectivity index (χ1v) is 9.11. The van der Waals surface area contributed by atoms with Crippen LogP contribution < -0.4 is 10.6 Å². The van der Waals surface area contributed by atoms with Crippen molar-refractivity contribution in [3.63, 3.8) is 0 Å². The van der Waals surface area contributed by atoms with Gasteiger partial charge in [-0.25, -0.2) is 0 Å². The first-order valence-electron chi connectivity index (χ1n) is 8.74. The SMILES string of the molecule is CCC(C)(C)NC(=O)C[C@@H](NC(=O)c1ccccc1Cl)c1ccccc1. The van der Waals surface area contributed by atoms with Crippen LogP contribution in [0.2, 0.25) is 5.02 Å². The maximum atomic E-state index is 12.6. The van der Waals surface area contributed by atoms with E-state index >= 15 is 0 Å². The average Bonchev–Trinajstić information content (AvgIpc) is 2.61. The maximum Gasteiger partial charge on any atom is 0.253 e. The van der Waals surface area contributed by atoms with Crippen LogP contribution in [0.3, 0.4) is 0 Å². The van der Waals surface area contributed by atoms with Gasteiger partial charge in [-0.3, -0.25) is 9.59 Å². The van der Waals surface area contributed by atoms with Crippen molar-refractivity contribution in [2.24, 2.45) is 0 Å². The van der Waals surface area contributed by atoms with E-state index in [1.165, 1.54) is 0 Å². The van der Waals surface area contributed by atoms with Crippen LogP contribution in [0, 0.1) is 0 Å². The van der Waals surface area contributed by atoms with Crippen molar-refractivity contribution >= 4 is 23.4 Å². The zero-order valence-electron chi connectivity index (χ0n) is 15.4. The number of hydrogen-bond donors (Lipinski definition) is 2. The van der Waals surface area contributed by atoms with E-state index in [1.807, 2.05) is 51.1 Å². The van der Waals surface area contributed by atoms with Crippen molar-refractivity contribution in [2.75, 3.05) is 0 Å². The van der Waals surface area contributed by atoms with Gasteiger partial charge in [0.25, 0.3) is 5.91 Å². The summed E-state index contributed by atoms with van der Waals surface area (Å²) in [7, 11) is 0. The predicted octanol–water partition coefficient (Wildman–Crippen LogP) is 4.51. The number of carbonyl (C=O) groups is 2. The molecular weight excluding hydrogens is 348 g/mol. The van der Waals surface area contributed by atoms with Crippen LogP contribution in [0.5, 0.6) is 0 Å². The number of amides is 2. The van der Waals surface area contributed by atoms with Gasteiger partial charge in [-0.1, -0.05) is 61.0 Å². The molecule has 0 aliphatic heterocycles. The van der Waals surface area contributed by atoms with Gasteiger partial charge in [0.15, 0.2) is 0 Å². The van der Waals surface area contributed by atoms with E-state index in [9.17, 15) is 9.59 Å². The molecular formula is C21H25ClN2O2. The van der Waals surface area contributed by atoms with Crippen molar-refractivity contribution in [3.05, 3.63) is 70.7 Å². The van der Waals surface area contributed by atoms with Gasteiger partial charge in [-0.2, -0.15) is 0 Å². The van der Waals surface area contributed by atoms with Gasteiger partial charge in [0.05, 0.1) is 23.0 Å². The smallest absolute Gasteiger partial charge is 0.253 e. The molecule has 138 valence electrons. The maximum absolute atomic E-state index is 12.6. The third kappa shape index (κ3) is 5.60. The number of halogens is 1. The normalized spacial score (nSPS) is 12.3. The van der Waals surface area contributed by atoms with E-state index in [0.29, 0.717) is 10.6 Å². The molecule has 2 aromatic carbocycles. The Kier molecular flexibility index (Phi) is 6.81. The highest BCUT2D eigenvalue weighted by Crippen LogP contribution is 2.21. The van der Waals surface area contributed by atoms with E-state index < -0.39 is 6.04 Å². The standard InChI is InChI=1S/C21H25ClN2O2/c1-4-21(2,3)24-19(25)14-18(15-10-6-5-7-11-15)23-20(26)16-12-8-9-13-17(16)22/h5-13,18H,4,14H2,1-3H3,(H,23,26)(H,24,25)/t18-/m1/s1. The minimum absolute atomic E-state index is 0.106. The molecule has 2 aromatic rings. The Morgan fingerprint density at radius 2 is 1.65 bits per heavy atom. The van der Waals surface area contributed by atoms with E-state index in [-0.39, 0.29) is 23.8 Å². The molecule has 2 rings (SSSR count). The quantitative estimate of drug-likeness (QED) is 0.751. The van der Waals surface area contributed by atoms with Gasteiger partial charge < -0.3 is 10.6 Å². The average molecular weight is 373 g/mol. The number of hydrogen-bond acceptors (Lipinski definition) is 2. The van der Waals surface area contributed by atoms with Crippen LogP contribution in [0.1, 0.15) is 55.6 Å². The Bertz CT molecular complexity index is 760. The van der Waals surface area contributed by atoms with Gasteiger partial charge in [-0.05, 0) is 38.0 Å². The molecule has 0 aliphatic carbocycles. The largest absolute Gasteiger partial charge is 0.351 e. The summed E-state index contributed by atoms with van der Waals surface area (Å²) in [6.45, 7) is 5.98. The highest BCUT2D eigenvalue weighted by atomic mass is 35.5. The van der Waals surface area contributed by atoms with Crippen molar-refractivity contribution < 1.29 is 9.59 Å². The zero-order valence-corrected chi connectivity index (χ0v) is 16.1. The monoisotopic (exact) mass is 372 g/mol. The molecule has 0 aromatic heterocycles. The van der Waals surface area contributed by atoms with E-state index in [1.54, 1.807) is 24.3 Å². The molecule has 0 aliphatic rings. The number of benzene rings is 2. The first-order chi connectivity index (χ1) is 12.3. The fraction of sp³-hybridized carbons (Fsp3) is 0.333. The Morgan fingerprint density at radius 3 is 2.27 bits per heavy atom. The first kappa shape index (κ1) is 20.0. The second-order valence-electron chi connectivity index (χ2n) is 6.91. The van der Waals surface area contributed by atoms with Gasteiger partial charge in [-0.15, -0.1) is 0 Å². The molecule has 2 amide bonds. The molecule has 0 saturated carbocycles. The van der Waals surface area contributed by atoms with Gasteiger partial charge in [0.2, 0.25) is 5.91 Å². The van der Waals surface area contributed by atoms with Crippen LogP contribution in [-0.2, 0) is 4.79 Å². The molecule has 0 heterocycles. The summed E-state index contributed by atoms with van der Waals surface area (Å²) in [5.74, 6) is -0.405. The van der Waals surface area contributed by atoms with Gasteiger partial charge in [0.1, 0.15) is 0 Å². The molecule has 0 radical (unpaired) electrons. The lowest BCUT2D eigenvalue weighted by molar-refractivity contribution is -0.123. The molecule has 0 spiro atoms. The van der Waals surface area contributed by atoms with Crippen molar-refractivity contribution in [3.8, 4) is 0 Å². The van der Waals surface area contributed by atoms with Crippen LogP contribution in [0.25, 0.3) is 0 Å². The Morgan fingerprint density at radius 1 is 1.04 bits per heavy atom. The lowest BCUT2D eigenvalue weighted by Gasteiger charge is -2.26. The molecule has 0 bridgehead atoms. The predicted molar refractivity (Wildman–Crippen MR) is 105 cm³/mol. The summed E-state index contributed by atoms with van der Waals surface area (Å²) in [6, 6.07) is 15.9. The third-order valence-corrected chi connectivity index (χ3v) is 4.71. The topological polar surface area (TPSA) is 58.2 Å². The molecule has 0 saturated heterocycles. The van der Waals surface area contributed by atoms with E-state index in [4.69, 9.17) is 11.6 Å². The second kappa shape index (κ2) is 8.86. The van der Waals surface area contributed by atoms with E-state index in [2.05, 4.69) is 10.6 Å². The molecule has 0 unspecified atom stereocenters. The summed E-state index contributed by atoms with van der Waals surface area (Å²) in [6.07, 6.45) is 0.977. The van der Waals surface area contributed by atoms with Crippen molar-refractivity contribution in [1.29, 1.82) is 0 Å². The Balaban J connectivity index is 2.18. The van der Waals surface area contributed by atoms with Crippen LogP contribution in [0.15, 0.2) is 54.6 Å². The van der Waals surface area contributed by atoms with Gasteiger partial charge >= 0.3 is 0 Å². The van der Waals surface area contributed by atoms with Crippen molar-refractivity contribution in [2.45, 2.75) is 45.2 Å². The van der Waals surface area contributed by atoms with Crippen molar-refractivity contribution in [1.82, 2.24) is 10.6 Å². The summed E-state index contributed by atoms with van der Waals surface area (Å²) < 4.78 is 0. The lowest BCUT2D eigenvalue weighted by Crippen LogP contribution is -2.44. The summed E-state index contributed by atoms with van der Waals surface area (Å²) in [5, 5.41) is 6.34. The van der Waals surface area contributed by atoms with Crippen LogP contribution in [-0.4, -0.2) is 17.4 Å². The van der Waals surface area contributed by atoms with Gasteiger partial charge in [0, 0.05) is 5.54 Å². The Labute approximate surface area is 159 Å². The molecule has 26 heavy (non-hydrogen) atoms. The van der Waals surface area contributed by atoms with Crippen LogP contribution >= 0.6 is 11.6 Å². The number of rotatable bonds is 7. The fourth-order valence-electron chi connectivity index (χ4n) is 2.52. The number of carbonyl (C=O) groups excluding carboxylic acids is 2. The molecule has 2 N–H and O–H groups in total. The number of nitrogens with one attached hydrogen (secondary N) is 2. The Hall–Kier alpha value is -2.33. The highest BCUT2D eigenvalue weighted by Gasteiger charge is 2.23. The van der Waals surface area contributed by atoms with Crippen LogP contribution in [0.4, 0.5) is 0 Å². The lowest BCUT2D eigenvalue weighted by atomic mass is 9.99. The molecule has 1 atom stereocenters. The fourth-order valence-corrected chi connectivity index (χ4v) is 2.74. The second-order valence-corrected chi connectivity index (χ2v) is 7.31. The van der Waals surface area contributed by atoms with E-state index in [0.717, 1.165) is 12.0 Å².